The number of nitrogens with zero attached hydrogens (tertiary/aromatic N) is 3. The van der Waals surface area contributed by atoms with E-state index < -0.39 is 4.92 Å². The highest BCUT2D eigenvalue weighted by molar-refractivity contribution is 5.94. The first-order valence-electron chi connectivity index (χ1n) is 11.4. The van der Waals surface area contributed by atoms with Crippen molar-refractivity contribution in [1.82, 2.24) is 9.88 Å². The molecule has 174 valence electrons. The van der Waals surface area contributed by atoms with E-state index in [1.165, 1.54) is 12.1 Å². The summed E-state index contributed by atoms with van der Waals surface area (Å²) in [5.41, 5.74) is 3.40. The molecule has 7 nitrogen and oxygen atoms in total. The SMILES string of the molecule is CCN(CC)CCCC(C)Nc1cc(/C=C/c2ccc([N+](=O)[O-])cc2)nc2ccc(O)cc12. The predicted octanol–water partition coefficient (Wildman–Crippen LogP) is 5.94. The molecule has 0 radical (unpaired) electrons. The number of aromatic nitrogens is 1. The van der Waals surface area contributed by atoms with Gasteiger partial charge in [0.15, 0.2) is 0 Å². The number of rotatable bonds is 11. The quantitative estimate of drug-likeness (QED) is 0.279. The molecule has 1 atom stereocenters. The molecule has 33 heavy (non-hydrogen) atoms. The minimum absolute atomic E-state index is 0.0669. The van der Waals surface area contributed by atoms with Crippen LogP contribution >= 0.6 is 0 Å². The summed E-state index contributed by atoms with van der Waals surface area (Å²) < 4.78 is 0. The van der Waals surface area contributed by atoms with Gasteiger partial charge in [-0.25, -0.2) is 4.98 Å². The van der Waals surface area contributed by atoms with Gasteiger partial charge in [0, 0.05) is 29.2 Å². The van der Waals surface area contributed by atoms with Crippen molar-refractivity contribution in [2.24, 2.45) is 0 Å². The van der Waals surface area contributed by atoms with Crippen molar-refractivity contribution >= 4 is 34.4 Å². The first-order chi connectivity index (χ1) is 15.9. The lowest BCUT2D eigenvalue weighted by molar-refractivity contribution is -0.384. The minimum atomic E-state index is -0.408. The van der Waals surface area contributed by atoms with Gasteiger partial charge in [0.2, 0.25) is 0 Å². The van der Waals surface area contributed by atoms with E-state index in [0.29, 0.717) is 0 Å². The van der Waals surface area contributed by atoms with Gasteiger partial charge < -0.3 is 15.3 Å². The third kappa shape index (κ3) is 6.76. The van der Waals surface area contributed by atoms with Crippen molar-refractivity contribution in [2.45, 2.75) is 39.7 Å². The molecule has 0 amide bonds. The van der Waals surface area contributed by atoms with E-state index in [2.05, 4.69) is 31.0 Å². The zero-order chi connectivity index (χ0) is 23.8. The monoisotopic (exact) mass is 448 g/mol. The fraction of sp³-hybridized carbons (Fsp3) is 0.346. The number of nitrogens with one attached hydrogen (secondary N) is 1. The van der Waals surface area contributed by atoms with E-state index in [1.54, 1.807) is 24.3 Å². The summed E-state index contributed by atoms with van der Waals surface area (Å²) in [6.07, 6.45) is 5.92. The van der Waals surface area contributed by atoms with E-state index in [1.807, 2.05) is 24.3 Å². The summed E-state index contributed by atoms with van der Waals surface area (Å²) in [7, 11) is 0. The van der Waals surface area contributed by atoms with E-state index in [9.17, 15) is 15.2 Å². The molecule has 0 fully saturated rings. The molecule has 0 aliphatic heterocycles. The highest BCUT2D eigenvalue weighted by atomic mass is 16.6. The number of pyridine rings is 1. The van der Waals surface area contributed by atoms with Gasteiger partial charge in [0.1, 0.15) is 5.75 Å². The summed E-state index contributed by atoms with van der Waals surface area (Å²) in [4.78, 5) is 17.6. The lowest BCUT2D eigenvalue weighted by atomic mass is 10.1. The van der Waals surface area contributed by atoms with E-state index >= 15 is 0 Å². The van der Waals surface area contributed by atoms with Crippen molar-refractivity contribution < 1.29 is 10.0 Å². The Morgan fingerprint density at radius 3 is 2.52 bits per heavy atom. The molecular formula is C26H32N4O3. The molecule has 1 unspecified atom stereocenters. The molecule has 7 heteroatoms. The number of hydrogen-bond donors (Lipinski definition) is 2. The second-order valence-corrected chi connectivity index (χ2v) is 8.19. The number of phenolic OH excluding ortho intramolecular Hbond substituents is 1. The van der Waals surface area contributed by atoms with Gasteiger partial charge in [0.25, 0.3) is 5.69 Å². The molecule has 2 aromatic carbocycles. The molecule has 1 aromatic heterocycles. The molecule has 0 saturated heterocycles. The molecule has 0 aliphatic rings. The normalized spacial score (nSPS) is 12.5. The van der Waals surface area contributed by atoms with Gasteiger partial charge >= 0.3 is 0 Å². The maximum Gasteiger partial charge on any atom is 0.269 e. The van der Waals surface area contributed by atoms with Crippen LogP contribution in [0.1, 0.15) is 44.9 Å². The molecule has 3 rings (SSSR count). The van der Waals surface area contributed by atoms with Crippen LogP contribution in [0.5, 0.6) is 5.75 Å². The van der Waals surface area contributed by atoms with Crippen molar-refractivity contribution in [3.8, 4) is 5.75 Å². The Bertz CT molecular complexity index is 1110. The van der Waals surface area contributed by atoms with Gasteiger partial charge in [-0.3, -0.25) is 10.1 Å². The number of non-ortho nitro benzene ring substituents is 1. The van der Waals surface area contributed by atoms with Gasteiger partial charge in [-0.05, 0) is 87.4 Å². The Morgan fingerprint density at radius 2 is 1.85 bits per heavy atom. The highest BCUT2D eigenvalue weighted by Crippen LogP contribution is 2.28. The summed E-state index contributed by atoms with van der Waals surface area (Å²) in [6, 6.07) is 13.8. The number of phenols is 1. The molecule has 0 saturated carbocycles. The average Bonchev–Trinajstić information content (AvgIpc) is 2.81. The van der Waals surface area contributed by atoms with Crippen molar-refractivity contribution in [3.63, 3.8) is 0 Å². The van der Waals surface area contributed by atoms with E-state index in [0.717, 1.165) is 60.3 Å². The highest BCUT2D eigenvalue weighted by Gasteiger charge is 2.10. The van der Waals surface area contributed by atoms with Gasteiger partial charge in [-0.1, -0.05) is 19.9 Å². The lowest BCUT2D eigenvalue weighted by Crippen LogP contribution is -2.25. The van der Waals surface area contributed by atoms with Crippen LogP contribution < -0.4 is 5.32 Å². The standard InChI is InChI=1S/C26H32N4O3/c1-4-29(5-2)16-6-7-19(3)27-26-17-21(28-25-15-14-23(31)18-24(25)26)11-8-20-9-12-22(13-10-20)30(32)33/h8-15,17-19,31H,4-7,16H2,1-3H3,(H,27,28)/b11-8+. The van der Waals surface area contributed by atoms with Gasteiger partial charge in [0.05, 0.1) is 16.1 Å². The average molecular weight is 449 g/mol. The van der Waals surface area contributed by atoms with Crippen LogP contribution in [0.3, 0.4) is 0 Å². The fourth-order valence-corrected chi connectivity index (χ4v) is 3.83. The van der Waals surface area contributed by atoms with Gasteiger partial charge in [-0.15, -0.1) is 0 Å². The number of aromatic hydroxyl groups is 1. The lowest BCUT2D eigenvalue weighted by Gasteiger charge is -2.21. The summed E-state index contributed by atoms with van der Waals surface area (Å²) in [6.45, 7) is 9.76. The first kappa shape index (κ1) is 24.2. The zero-order valence-electron chi connectivity index (χ0n) is 19.5. The molecule has 0 spiro atoms. The number of anilines is 1. The Labute approximate surface area is 194 Å². The van der Waals surface area contributed by atoms with Crippen LogP contribution in [0.15, 0.2) is 48.5 Å². The van der Waals surface area contributed by atoms with E-state index in [4.69, 9.17) is 4.98 Å². The first-order valence-corrected chi connectivity index (χ1v) is 11.4. The largest absolute Gasteiger partial charge is 0.508 e. The molecule has 2 N–H and O–H groups in total. The van der Waals surface area contributed by atoms with Crippen molar-refractivity contribution in [1.29, 1.82) is 0 Å². The van der Waals surface area contributed by atoms with Crippen LogP contribution in [-0.2, 0) is 0 Å². The maximum atomic E-state index is 10.8. The molecular weight excluding hydrogens is 416 g/mol. The van der Waals surface area contributed by atoms with Crippen molar-refractivity contribution in [3.05, 3.63) is 69.9 Å². The Hall–Kier alpha value is -3.45. The topological polar surface area (TPSA) is 91.5 Å². The summed E-state index contributed by atoms with van der Waals surface area (Å²) in [5.74, 6) is 0.204. The van der Waals surface area contributed by atoms with Gasteiger partial charge in [-0.2, -0.15) is 0 Å². The number of nitro groups is 1. The van der Waals surface area contributed by atoms with Crippen LogP contribution in [0.4, 0.5) is 11.4 Å². The Balaban J connectivity index is 1.79. The second-order valence-electron chi connectivity index (χ2n) is 8.19. The number of benzene rings is 2. The van der Waals surface area contributed by atoms with Crippen LogP contribution in [0, 0.1) is 10.1 Å². The molecule has 3 aromatic rings. The fourth-order valence-electron chi connectivity index (χ4n) is 3.83. The Morgan fingerprint density at radius 1 is 1.12 bits per heavy atom. The summed E-state index contributed by atoms with van der Waals surface area (Å²) >= 11 is 0. The zero-order valence-corrected chi connectivity index (χ0v) is 19.5. The third-order valence-corrected chi connectivity index (χ3v) is 5.77. The number of nitro benzene ring substituents is 1. The predicted molar refractivity (Wildman–Crippen MR) is 136 cm³/mol. The second kappa shape index (κ2) is 11.4. The third-order valence-electron chi connectivity index (χ3n) is 5.77. The number of hydrogen-bond acceptors (Lipinski definition) is 6. The minimum Gasteiger partial charge on any atom is -0.508 e. The number of fused-ring (bicyclic) bond motifs is 1. The molecule has 1 heterocycles. The van der Waals surface area contributed by atoms with Crippen LogP contribution in [0.2, 0.25) is 0 Å². The maximum absolute atomic E-state index is 10.8. The molecule has 0 aliphatic carbocycles. The van der Waals surface area contributed by atoms with Crippen LogP contribution in [-0.4, -0.2) is 45.6 Å². The Kier molecular flexibility index (Phi) is 8.38. The smallest absolute Gasteiger partial charge is 0.269 e. The molecule has 0 bridgehead atoms. The summed E-state index contributed by atoms with van der Waals surface area (Å²) in [5, 5.41) is 25.3. The van der Waals surface area contributed by atoms with Crippen LogP contribution in [0.25, 0.3) is 23.1 Å². The van der Waals surface area contributed by atoms with E-state index in [-0.39, 0.29) is 17.5 Å². The van der Waals surface area contributed by atoms with Crippen molar-refractivity contribution in [2.75, 3.05) is 25.0 Å².